The molecule has 100 valence electrons. The Hall–Kier alpha value is -1.33. The largest absolute Gasteiger partial charge is 0.398 e. The lowest BCUT2D eigenvalue weighted by Gasteiger charge is -2.17. The van der Waals surface area contributed by atoms with Crippen LogP contribution in [0.5, 0.6) is 0 Å². The highest BCUT2D eigenvalue weighted by atomic mass is 79.9. The second-order valence-corrected chi connectivity index (χ2v) is 6.78. The number of benzene rings is 1. The predicted molar refractivity (Wildman–Crippen MR) is 83.4 cm³/mol. The minimum absolute atomic E-state index is 0.0194. The van der Waals surface area contributed by atoms with Crippen LogP contribution in [-0.2, 0) is 6.54 Å². The zero-order chi connectivity index (χ0) is 14.0. The van der Waals surface area contributed by atoms with E-state index in [1.54, 1.807) is 29.4 Å². The fourth-order valence-corrected chi connectivity index (χ4v) is 2.97. The van der Waals surface area contributed by atoms with Crippen LogP contribution < -0.4 is 5.73 Å². The minimum atomic E-state index is -0.0194. The number of nitrogens with zero attached hydrogens (tertiary/aromatic N) is 1. The first-order valence-electron chi connectivity index (χ1n) is 5.82. The average Bonchev–Trinajstić information content (AvgIpc) is 2.77. The van der Waals surface area contributed by atoms with Crippen LogP contribution in [0.4, 0.5) is 5.69 Å². The maximum atomic E-state index is 12.3. The first-order valence-corrected chi connectivity index (χ1v) is 7.49. The van der Waals surface area contributed by atoms with E-state index < -0.39 is 0 Å². The van der Waals surface area contributed by atoms with Crippen molar-refractivity contribution in [1.82, 2.24) is 4.90 Å². The van der Waals surface area contributed by atoms with E-state index in [2.05, 4.69) is 15.9 Å². The highest BCUT2D eigenvalue weighted by Crippen LogP contribution is 2.22. The molecular formula is C14H15BrN2OS. The van der Waals surface area contributed by atoms with Gasteiger partial charge in [0.15, 0.2) is 0 Å². The summed E-state index contributed by atoms with van der Waals surface area (Å²) in [4.78, 5) is 14.0. The lowest BCUT2D eigenvalue weighted by Crippen LogP contribution is -2.26. The van der Waals surface area contributed by atoms with Gasteiger partial charge in [-0.25, -0.2) is 0 Å². The summed E-state index contributed by atoms with van der Waals surface area (Å²) in [7, 11) is 1.80. The molecule has 1 aromatic heterocycles. The molecule has 0 saturated heterocycles. The molecule has 0 spiro atoms. The number of nitrogens with two attached hydrogens (primary N) is 1. The third-order valence-corrected chi connectivity index (χ3v) is 4.47. The molecule has 1 aromatic carbocycles. The molecule has 19 heavy (non-hydrogen) atoms. The molecule has 2 aromatic rings. The number of nitrogen functional groups attached to an aromatic ring is 1. The summed E-state index contributed by atoms with van der Waals surface area (Å²) in [5.41, 5.74) is 9.22. The fraction of sp³-hybridized carbons (Fsp3) is 0.214. The number of halogens is 1. The molecule has 0 saturated carbocycles. The van der Waals surface area contributed by atoms with E-state index >= 15 is 0 Å². The van der Waals surface area contributed by atoms with E-state index in [0.717, 1.165) is 14.9 Å². The zero-order valence-corrected chi connectivity index (χ0v) is 13.2. The highest BCUT2D eigenvalue weighted by Gasteiger charge is 2.13. The lowest BCUT2D eigenvalue weighted by molar-refractivity contribution is 0.0785. The summed E-state index contributed by atoms with van der Waals surface area (Å²) in [5, 5.41) is 2.04. The normalized spacial score (nSPS) is 10.5. The van der Waals surface area contributed by atoms with Crippen LogP contribution in [0.2, 0.25) is 0 Å². The third kappa shape index (κ3) is 3.36. The second-order valence-electron chi connectivity index (χ2n) is 4.49. The monoisotopic (exact) mass is 338 g/mol. The van der Waals surface area contributed by atoms with E-state index in [1.807, 2.05) is 30.5 Å². The van der Waals surface area contributed by atoms with Crippen LogP contribution in [0.1, 0.15) is 21.5 Å². The van der Waals surface area contributed by atoms with Crippen molar-refractivity contribution >= 4 is 38.9 Å². The van der Waals surface area contributed by atoms with Gasteiger partial charge in [-0.2, -0.15) is 0 Å². The van der Waals surface area contributed by atoms with Crippen molar-refractivity contribution in [3.63, 3.8) is 0 Å². The van der Waals surface area contributed by atoms with Gasteiger partial charge >= 0.3 is 0 Å². The first-order chi connectivity index (χ1) is 8.97. The quantitative estimate of drug-likeness (QED) is 0.868. The van der Waals surface area contributed by atoms with Gasteiger partial charge in [0.1, 0.15) is 0 Å². The van der Waals surface area contributed by atoms with Crippen LogP contribution in [0, 0.1) is 6.92 Å². The summed E-state index contributed by atoms with van der Waals surface area (Å²) >= 11 is 5.04. The molecule has 1 heterocycles. The number of thiophene rings is 1. The summed E-state index contributed by atoms with van der Waals surface area (Å²) in [6, 6.07) is 7.45. The molecule has 0 unspecified atom stereocenters. The molecule has 0 radical (unpaired) electrons. The van der Waals surface area contributed by atoms with Crippen molar-refractivity contribution in [1.29, 1.82) is 0 Å². The highest BCUT2D eigenvalue weighted by molar-refractivity contribution is 9.11. The molecule has 1 amide bonds. The summed E-state index contributed by atoms with van der Waals surface area (Å²) in [5.74, 6) is -0.0194. The molecule has 0 aliphatic rings. The number of aryl methyl sites for hydroxylation is 1. The number of anilines is 1. The Morgan fingerprint density at radius 3 is 2.74 bits per heavy atom. The van der Waals surface area contributed by atoms with Crippen molar-refractivity contribution in [2.45, 2.75) is 13.5 Å². The van der Waals surface area contributed by atoms with Gasteiger partial charge in [-0.3, -0.25) is 4.79 Å². The van der Waals surface area contributed by atoms with Crippen molar-refractivity contribution in [2.75, 3.05) is 12.8 Å². The number of hydrogen-bond donors (Lipinski definition) is 1. The Labute approximate surface area is 125 Å². The van der Waals surface area contributed by atoms with Crippen LogP contribution in [-0.4, -0.2) is 17.9 Å². The number of hydrogen-bond acceptors (Lipinski definition) is 3. The molecule has 0 fully saturated rings. The number of amides is 1. The molecular weight excluding hydrogens is 324 g/mol. The van der Waals surface area contributed by atoms with E-state index in [-0.39, 0.29) is 5.91 Å². The van der Waals surface area contributed by atoms with Crippen LogP contribution in [0.25, 0.3) is 0 Å². The molecule has 0 atom stereocenters. The molecule has 2 N–H and O–H groups in total. The van der Waals surface area contributed by atoms with E-state index in [9.17, 15) is 4.79 Å². The van der Waals surface area contributed by atoms with Crippen LogP contribution >= 0.6 is 27.3 Å². The van der Waals surface area contributed by atoms with E-state index in [1.165, 1.54) is 0 Å². The number of carbonyl (C=O) groups excluding carboxylic acids is 1. The SMILES string of the molecule is Cc1ccc(C(=O)N(C)Cc2csc(Br)c2)cc1N. The molecule has 0 bridgehead atoms. The van der Waals surface area contributed by atoms with Crippen LogP contribution in [0.3, 0.4) is 0 Å². The maximum absolute atomic E-state index is 12.3. The number of rotatable bonds is 3. The predicted octanol–water partition coefficient (Wildman–Crippen LogP) is 3.67. The van der Waals surface area contributed by atoms with Crippen molar-refractivity contribution in [3.8, 4) is 0 Å². The van der Waals surface area contributed by atoms with Gasteiger partial charge in [0, 0.05) is 24.8 Å². The van der Waals surface area contributed by atoms with Crippen molar-refractivity contribution < 1.29 is 4.79 Å². The molecule has 3 nitrogen and oxygen atoms in total. The summed E-state index contributed by atoms with van der Waals surface area (Å²) in [6.07, 6.45) is 0. The van der Waals surface area contributed by atoms with Gasteiger partial charge in [0.2, 0.25) is 0 Å². The van der Waals surface area contributed by atoms with Gasteiger partial charge < -0.3 is 10.6 Å². The number of carbonyl (C=O) groups is 1. The van der Waals surface area contributed by atoms with E-state index in [0.29, 0.717) is 17.8 Å². The molecule has 0 aliphatic carbocycles. The smallest absolute Gasteiger partial charge is 0.253 e. The third-order valence-electron chi connectivity index (χ3n) is 2.91. The van der Waals surface area contributed by atoms with Crippen molar-refractivity contribution in [3.05, 3.63) is 50.1 Å². The van der Waals surface area contributed by atoms with Gasteiger partial charge in [0.25, 0.3) is 5.91 Å². The Morgan fingerprint density at radius 2 is 2.16 bits per heavy atom. The topological polar surface area (TPSA) is 46.3 Å². The lowest BCUT2D eigenvalue weighted by atomic mass is 10.1. The molecule has 5 heteroatoms. The minimum Gasteiger partial charge on any atom is -0.398 e. The fourth-order valence-electron chi connectivity index (χ4n) is 1.77. The Bertz CT molecular complexity index is 609. The van der Waals surface area contributed by atoms with Gasteiger partial charge in [-0.05, 0) is 57.6 Å². The van der Waals surface area contributed by atoms with Crippen molar-refractivity contribution in [2.24, 2.45) is 0 Å². The summed E-state index contributed by atoms with van der Waals surface area (Å²) < 4.78 is 1.07. The standard InChI is InChI=1S/C14H15BrN2OS/c1-9-3-4-11(6-12(9)16)14(18)17(2)7-10-5-13(15)19-8-10/h3-6,8H,7,16H2,1-2H3. The Morgan fingerprint density at radius 1 is 1.42 bits per heavy atom. The average molecular weight is 339 g/mol. The zero-order valence-electron chi connectivity index (χ0n) is 10.8. The first kappa shape index (κ1) is 14.1. The van der Waals surface area contributed by atoms with E-state index in [4.69, 9.17) is 5.73 Å². The Kier molecular flexibility index (Phi) is 4.27. The summed E-state index contributed by atoms with van der Waals surface area (Å²) in [6.45, 7) is 2.52. The van der Waals surface area contributed by atoms with Gasteiger partial charge in [0.05, 0.1) is 3.79 Å². The van der Waals surface area contributed by atoms with Crippen LogP contribution in [0.15, 0.2) is 33.4 Å². The molecule has 2 rings (SSSR count). The second kappa shape index (κ2) is 5.75. The van der Waals surface area contributed by atoms with Gasteiger partial charge in [-0.1, -0.05) is 6.07 Å². The molecule has 0 aliphatic heterocycles. The Balaban J connectivity index is 2.12. The van der Waals surface area contributed by atoms with Gasteiger partial charge in [-0.15, -0.1) is 11.3 Å². The maximum Gasteiger partial charge on any atom is 0.253 e.